The van der Waals surface area contributed by atoms with Gasteiger partial charge in [-0.25, -0.2) is 4.39 Å². The average Bonchev–Trinajstić information content (AvgIpc) is 2.79. The lowest BCUT2D eigenvalue weighted by Crippen LogP contribution is -1.99. The van der Waals surface area contributed by atoms with Crippen molar-refractivity contribution < 1.29 is 4.39 Å². The van der Waals surface area contributed by atoms with Crippen LogP contribution >= 0.6 is 23.2 Å². The van der Waals surface area contributed by atoms with Gasteiger partial charge in [0.1, 0.15) is 5.82 Å². The highest BCUT2D eigenvalue weighted by molar-refractivity contribution is 6.35. The summed E-state index contributed by atoms with van der Waals surface area (Å²) in [6.07, 6.45) is 1.93. The van der Waals surface area contributed by atoms with Gasteiger partial charge >= 0.3 is 0 Å². The van der Waals surface area contributed by atoms with Gasteiger partial charge in [-0.1, -0.05) is 29.3 Å². The first-order chi connectivity index (χ1) is 9.15. The molecule has 4 heteroatoms. The number of rotatable bonds is 2. The number of fused-ring (bicyclic) bond motifs is 1. The highest BCUT2D eigenvalue weighted by Crippen LogP contribution is 2.26. The second-order valence-corrected chi connectivity index (χ2v) is 5.17. The van der Waals surface area contributed by atoms with E-state index in [2.05, 4.69) is 0 Å². The molecule has 19 heavy (non-hydrogen) atoms. The number of aromatic nitrogens is 1. The third-order valence-corrected chi connectivity index (χ3v) is 3.81. The third kappa shape index (κ3) is 2.34. The fraction of sp³-hybridized carbons (Fsp3) is 0.0667. The predicted octanol–water partition coefficient (Wildman–Crippen LogP) is 5.14. The highest BCUT2D eigenvalue weighted by atomic mass is 35.5. The van der Waals surface area contributed by atoms with Gasteiger partial charge in [-0.3, -0.25) is 0 Å². The zero-order chi connectivity index (χ0) is 13.4. The van der Waals surface area contributed by atoms with Gasteiger partial charge in [0.15, 0.2) is 0 Å². The van der Waals surface area contributed by atoms with E-state index in [4.69, 9.17) is 23.2 Å². The minimum absolute atomic E-state index is 0.283. The van der Waals surface area contributed by atoms with E-state index in [1.54, 1.807) is 6.07 Å². The molecule has 1 heterocycles. The Labute approximate surface area is 120 Å². The van der Waals surface area contributed by atoms with Crippen LogP contribution in [0.4, 0.5) is 4.39 Å². The molecule has 0 saturated heterocycles. The smallest absolute Gasteiger partial charge is 0.123 e. The van der Waals surface area contributed by atoms with E-state index in [1.807, 2.05) is 35.0 Å². The first-order valence-electron chi connectivity index (χ1n) is 5.82. The van der Waals surface area contributed by atoms with Crippen LogP contribution < -0.4 is 0 Å². The first-order valence-corrected chi connectivity index (χ1v) is 6.58. The van der Waals surface area contributed by atoms with Gasteiger partial charge in [0.2, 0.25) is 0 Å². The van der Waals surface area contributed by atoms with Crippen molar-refractivity contribution in [3.05, 3.63) is 70.1 Å². The Morgan fingerprint density at radius 1 is 1.00 bits per heavy atom. The monoisotopic (exact) mass is 293 g/mol. The van der Waals surface area contributed by atoms with Crippen LogP contribution in [0, 0.1) is 5.82 Å². The number of halogens is 3. The summed E-state index contributed by atoms with van der Waals surface area (Å²) in [6.45, 7) is 0.514. The maximum absolute atomic E-state index is 13.3. The molecule has 2 aromatic carbocycles. The Morgan fingerprint density at radius 3 is 2.68 bits per heavy atom. The van der Waals surface area contributed by atoms with E-state index in [-0.39, 0.29) is 5.82 Å². The quantitative estimate of drug-likeness (QED) is 0.617. The summed E-state index contributed by atoms with van der Waals surface area (Å²) < 4.78 is 15.3. The number of hydrogen-bond acceptors (Lipinski definition) is 0. The second-order valence-electron chi connectivity index (χ2n) is 4.35. The highest BCUT2D eigenvalue weighted by Gasteiger charge is 2.07. The number of benzene rings is 2. The van der Waals surface area contributed by atoms with Crippen molar-refractivity contribution in [3.8, 4) is 0 Å². The van der Waals surface area contributed by atoms with Crippen molar-refractivity contribution in [2.75, 3.05) is 0 Å². The average molecular weight is 294 g/mol. The van der Waals surface area contributed by atoms with Crippen molar-refractivity contribution in [1.29, 1.82) is 0 Å². The third-order valence-electron chi connectivity index (χ3n) is 3.11. The normalized spacial score (nSPS) is 11.1. The topological polar surface area (TPSA) is 4.93 Å². The number of nitrogens with zero attached hydrogens (tertiary/aromatic N) is 1. The molecule has 0 bridgehead atoms. The Hall–Kier alpha value is -1.51. The Kier molecular flexibility index (Phi) is 3.21. The molecule has 0 fully saturated rings. The molecule has 0 atom stereocenters. The molecule has 1 nitrogen and oxygen atoms in total. The summed E-state index contributed by atoms with van der Waals surface area (Å²) in [5, 5.41) is 2.25. The van der Waals surface area contributed by atoms with Gasteiger partial charge in [0.25, 0.3) is 0 Å². The standard InChI is InChI=1S/C15H10Cl2FN/c16-13-5-4-11(18)8-10(13)9-19-7-6-12-14(17)2-1-3-15(12)19/h1-8H,9H2. The van der Waals surface area contributed by atoms with Crippen LogP contribution in [0.1, 0.15) is 5.56 Å². The molecule has 0 unspecified atom stereocenters. The molecule has 3 aromatic rings. The maximum atomic E-state index is 13.3. The zero-order valence-electron chi connectivity index (χ0n) is 9.91. The van der Waals surface area contributed by atoms with Gasteiger partial charge in [-0.05, 0) is 42.0 Å². The van der Waals surface area contributed by atoms with E-state index in [9.17, 15) is 4.39 Å². The van der Waals surface area contributed by atoms with Crippen LogP contribution in [-0.4, -0.2) is 4.57 Å². The molecule has 0 amide bonds. The van der Waals surface area contributed by atoms with Gasteiger partial charge in [0.05, 0.1) is 0 Å². The fourth-order valence-corrected chi connectivity index (χ4v) is 2.58. The van der Waals surface area contributed by atoms with E-state index >= 15 is 0 Å². The molecule has 0 spiro atoms. The van der Waals surface area contributed by atoms with Crippen LogP contribution in [-0.2, 0) is 6.54 Å². The summed E-state index contributed by atoms with van der Waals surface area (Å²) in [5.74, 6) is -0.283. The molecular weight excluding hydrogens is 284 g/mol. The second kappa shape index (κ2) is 4.87. The van der Waals surface area contributed by atoms with Crippen LogP contribution in [0.15, 0.2) is 48.7 Å². The lowest BCUT2D eigenvalue weighted by Gasteiger charge is -2.08. The molecule has 3 rings (SSSR count). The van der Waals surface area contributed by atoms with Crippen LogP contribution in [0.5, 0.6) is 0 Å². The minimum atomic E-state index is -0.283. The van der Waals surface area contributed by atoms with E-state index in [1.165, 1.54) is 12.1 Å². The van der Waals surface area contributed by atoms with Crippen LogP contribution in [0.3, 0.4) is 0 Å². The van der Waals surface area contributed by atoms with Gasteiger partial charge < -0.3 is 4.57 Å². The summed E-state index contributed by atoms with van der Waals surface area (Å²) in [7, 11) is 0. The van der Waals surface area contributed by atoms with Gasteiger partial charge in [-0.15, -0.1) is 0 Å². The Morgan fingerprint density at radius 2 is 1.84 bits per heavy atom. The molecule has 0 N–H and O–H groups in total. The van der Waals surface area contributed by atoms with Gasteiger partial charge in [-0.2, -0.15) is 0 Å². The SMILES string of the molecule is Fc1ccc(Cl)c(Cn2ccc3c(Cl)cccc32)c1. The van der Waals surface area contributed by atoms with Crippen molar-refractivity contribution in [1.82, 2.24) is 4.57 Å². The fourth-order valence-electron chi connectivity index (χ4n) is 2.17. The summed E-state index contributed by atoms with van der Waals surface area (Å²) >= 11 is 12.2. The van der Waals surface area contributed by atoms with E-state index in [0.717, 1.165) is 16.5 Å². The molecule has 0 aliphatic heterocycles. The lowest BCUT2D eigenvalue weighted by molar-refractivity contribution is 0.624. The first kappa shape index (κ1) is 12.5. The van der Waals surface area contributed by atoms with Crippen LogP contribution in [0.2, 0.25) is 10.0 Å². The van der Waals surface area contributed by atoms with Crippen molar-refractivity contribution in [2.45, 2.75) is 6.54 Å². The largest absolute Gasteiger partial charge is 0.343 e. The number of hydrogen-bond donors (Lipinski definition) is 0. The summed E-state index contributed by atoms with van der Waals surface area (Å²) in [6, 6.07) is 12.1. The van der Waals surface area contributed by atoms with Crippen molar-refractivity contribution in [2.24, 2.45) is 0 Å². The maximum Gasteiger partial charge on any atom is 0.123 e. The van der Waals surface area contributed by atoms with E-state index in [0.29, 0.717) is 16.6 Å². The molecule has 96 valence electrons. The zero-order valence-corrected chi connectivity index (χ0v) is 11.4. The lowest BCUT2D eigenvalue weighted by atomic mass is 10.2. The molecular formula is C15H10Cl2FN. The van der Waals surface area contributed by atoms with Crippen molar-refractivity contribution >= 4 is 34.1 Å². The molecule has 1 aromatic heterocycles. The Balaban J connectivity index is 2.06. The molecule has 0 saturated carbocycles. The van der Waals surface area contributed by atoms with Crippen LogP contribution in [0.25, 0.3) is 10.9 Å². The summed E-state index contributed by atoms with van der Waals surface area (Å²) in [4.78, 5) is 0. The molecule has 0 radical (unpaired) electrons. The predicted molar refractivity (Wildman–Crippen MR) is 77.5 cm³/mol. The molecule has 0 aliphatic carbocycles. The summed E-state index contributed by atoms with van der Waals surface area (Å²) in [5.41, 5.74) is 1.76. The van der Waals surface area contributed by atoms with Gasteiger partial charge in [0, 0.05) is 33.7 Å². The van der Waals surface area contributed by atoms with Crippen molar-refractivity contribution in [3.63, 3.8) is 0 Å². The molecule has 0 aliphatic rings. The Bertz CT molecular complexity index is 749. The van der Waals surface area contributed by atoms with E-state index < -0.39 is 0 Å². The minimum Gasteiger partial charge on any atom is -0.343 e.